The van der Waals surface area contributed by atoms with Gasteiger partial charge in [0.1, 0.15) is 0 Å². The summed E-state index contributed by atoms with van der Waals surface area (Å²) in [5.74, 6) is 0. The van der Waals surface area contributed by atoms with Crippen LogP contribution in [0.25, 0.3) is 0 Å². The van der Waals surface area contributed by atoms with Crippen molar-refractivity contribution in [3.8, 4) is 0 Å². The van der Waals surface area contributed by atoms with Crippen LogP contribution in [0.2, 0.25) is 0 Å². The summed E-state index contributed by atoms with van der Waals surface area (Å²) in [6.07, 6.45) is 2.82. The van der Waals surface area contributed by atoms with E-state index in [4.69, 9.17) is 0 Å². The van der Waals surface area contributed by atoms with E-state index in [1.165, 1.54) is 31.5 Å². The van der Waals surface area contributed by atoms with Crippen LogP contribution in [0.5, 0.6) is 0 Å². The first kappa shape index (κ1) is 8.17. The van der Waals surface area contributed by atoms with E-state index >= 15 is 0 Å². The Labute approximate surface area is 90.3 Å². The molecule has 0 bridgehead atoms. The SMILES string of the molecule is c1cc2c3c(c1)C1(CC1)CN3CCNC2. The van der Waals surface area contributed by atoms with E-state index in [0.29, 0.717) is 5.41 Å². The van der Waals surface area contributed by atoms with Crippen LogP contribution in [0, 0.1) is 0 Å². The molecule has 1 saturated carbocycles. The molecule has 1 aliphatic carbocycles. The lowest BCUT2D eigenvalue weighted by molar-refractivity contribution is 0.654. The van der Waals surface area contributed by atoms with Crippen LogP contribution < -0.4 is 10.2 Å². The van der Waals surface area contributed by atoms with E-state index < -0.39 is 0 Å². The highest BCUT2D eigenvalue weighted by Crippen LogP contribution is 2.57. The summed E-state index contributed by atoms with van der Waals surface area (Å²) in [5, 5.41) is 3.50. The number of rotatable bonds is 0. The van der Waals surface area contributed by atoms with Gasteiger partial charge in [0.15, 0.2) is 0 Å². The minimum atomic E-state index is 0.572. The summed E-state index contributed by atoms with van der Waals surface area (Å²) >= 11 is 0. The lowest BCUT2D eigenvalue weighted by Gasteiger charge is -2.18. The molecule has 0 unspecified atom stereocenters. The molecular weight excluding hydrogens is 184 g/mol. The van der Waals surface area contributed by atoms with Crippen molar-refractivity contribution >= 4 is 5.69 Å². The van der Waals surface area contributed by atoms with E-state index in [0.717, 1.165) is 13.1 Å². The standard InChI is InChI=1S/C13H16N2/c1-2-10-8-14-6-7-15-9-13(4-5-13)11(3-1)12(10)15/h1-3,14H,4-9H2. The molecule has 2 aliphatic heterocycles. The Kier molecular flexibility index (Phi) is 1.39. The Bertz CT molecular complexity index is 421. The van der Waals surface area contributed by atoms with Gasteiger partial charge in [-0.25, -0.2) is 0 Å². The van der Waals surface area contributed by atoms with Gasteiger partial charge in [-0.05, 0) is 24.0 Å². The average molecular weight is 200 g/mol. The van der Waals surface area contributed by atoms with Crippen LogP contribution in [0.1, 0.15) is 24.0 Å². The molecule has 0 aromatic heterocycles. The average Bonchev–Trinajstić information content (AvgIpc) is 2.98. The van der Waals surface area contributed by atoms with Gasteiger partial charge in [-0.1, -0.05) is 18.2 Å². The third-order valence-electron chi connectivity index (χ3n) is 4.23. The fourth-order valence-corrected chi connectivity index (χ4v) is 3.27. The first-order valence-electron chi connectivity index (χ1n) is 5.97. The summed E-state index contributed by atoms with van der Waals surface area (Å²) in [6, 6.07) is 6.88. The molecule has 78 valence electrons. The first-order valence-corrected chi connectivity index (χ1v) is 5.97. The third kappa shape index (κ3) is 0.979. The molecule has 15 heavy (non-hydrogen) atoms. The quantitative estimate of drug-likeness (QED) is 0.685. The van der Waals surface area contributed by atoms with Crippen LogP contribution >= 0.6 is 0 Å². The van der Waals surface area contributed by atoms with Gasteiger partial charge in [0.25, 0.3) is 0 Å². The Morgan fingerprint density at radius 3 is 3.07 bits per heavy atom. The second kappa shape index (κ2) is 2.56. The van der Waals surface area contributed by atoms with Gasteiger partial charge < -0.3 is 10.2 Å². The molecule has 0 radical (unpaired) electrons. The molecule has 1 fully saturated rings. The fourth-order valence-electron chi connectivity index (χ4n) is 3.27. The summed E-state index contributed by atoms with van der Waals surface area (Å²) in [7, 11) is 0. The maximum Gasteiger partial charge on any atom is 0.0451 e. The van der Waals surface area contributed by atoms with E-state index in [1.807, 2.05) is 0 Å². The molecule has 3 aliphatic rings. The van der Waals surface area contributed by atoms with Crippen LogP contribution in [0.15, 0.2) is 18.2 Å². The fraction of sp³-hybridized carbons (Fsp3) is 0.538. The highest BCUT2D eigenvalue weighted by molar-refractivity contribution is 5.69. The molecule has 1 spiro atoms. The van der Waals surface area contributed by atoms with Crippen LogP contribution in [-0.2, 0) is 12.0 Å². The highest BCUT2D eigenvalue weighted by atomic mass is 15.2. The summed E-state index contributed by atoms with van der Waals surface area (Å²) < 4.78 is 0. The van der Waals surface area contributed by atoms with E-state index in [-0.39, 0.29) is 0 Å². The minimum Gasteiger partial charge on any atom is -0.369 e. The molecule has 0 amide bonds. The maximum atomic E-state index is 3.50. The van der Waals surface area contributed by atoms with Gasteiger partial charge in [-0.3, -0.25) is 0 Å². The topological polar surface area (TPSA) is 15.3 Å². The molecule has 2 heteroatoms. The van der Waals surface area contributed by atoms with Crippen molar-refractivity contribution < 1.29 is 0 Å². The van der Waals surface area contributed by atoms with Crippen LogP contribution in [0.3, 0.4) is 0 Å². The van der Waals surface area contributed by atoms with Gasteiger partial charge in [-0.2, -0.15) is 0 Å². The molecule has 2 heterocycles. The van der Waals surface area contributed by atoms with Crippen molar-refractivity contribution in [3.05, 3.63) is 29.3 Å². The first-order chi connectivity index (χ1) is 7.39. The highest BCUT2D eigenvalue weighted by Gasteiger charge is 2.52. The van der Waals surface area contributed by atoms with E-state index in [2.05, 4.69) is 28.4 Å². The molecular formula is C13H16N2. The van der Waals surface area contributed by atoms with E-state index in [1.54, 1.807) is 11.3 Å². The molecule has 4 rings (SSSR count). The zero-order valence-corrected chi connectivity index (χ0v) is 8.92. The lowest BCUT2D eigenvalue weighted by Crippen LogP contribution is -2.29. The molecule has 1 N–H and O–H groups in total. The Morgan fingerprint density at radius 2 is 2.20 bits per heavy atom. The van der Waals surface area contributed by atoms with Gasteiger partial charge in [-0.15, -0.1) is 0 Å². The summed E-state index contributed by atoms with van der Waals surface area (Å²) in [5.41, 5.74) is 5.29. The number of benzene rings is 1. The summed E-state index contributed by atoms with van der Waals surface area (Å²) in [6.45, 7) is 4.65. The van der Waals surface area contributed by atoms with Crippen molar-refractivity contribution in [2.24, 2.45) is 0 Å². The Balaban J connectivity index is 1.95. The molecule has 0 saturated heterocycles. The molecule has 1 aromatic rings. The van der Waals surface area contributed by atoms with Gasteiger partial charge >= 0.3 is 0 Å². The predicted molar refractivity (Wildman–Crippen MR) is 61.3 cm³/mol. The zero-order valence-electron chi connectivity index (χ0n) is 8.92. The molecule has 0 atom stereocenters. The van der Waals surface area contributed by atoms with Crippen molar-refractivity contribution in [1.29, 1.82) is 0 Å². The van der Waals surface area contributed by atoms with Crippen LogP contribution in [-0.4, -0.2) is 19.6 Å². The number of hydrogen-bond donors (Lipinski definition) is 1. The number of fused-ring (bicyclic) bond motifs is 1. The predicted octanol–water partition coefficient (Wildman–Crippen LogP) is 1.64. The second-order valence-corrected chi connectivity index (χ2v) is 5.19. The van der Waals surface area contributed by atoms with Crippen molar-refractivity contribution in [2.75, 3.05) is 24.5 Å². The number of anilines is 1. The second-order valence-electron chi connectivity index (χ2n) is 5.19. The molecule has 2 nitrogen and oxygen atoms in total. The number of para-hydroxylation sites is 1. The lowest BCUT2D eigenvalue weighted by atomic mass is 9.96. The number of hydrogen-bond acceptors (Lipinski definition) is 2. The van der Waals surface area contributed by atoms with E-state index in [9.17, 15) is 0 Å². The number of nitrogens with zero attached hydrogens (tertiary/aromatic N) is 1. The Hall–Kier alpha value is -1.02. The monoisotopic (exact) mass is 200 g/mol. The normalized spacial score (nSPS) is 25.2. The van der Waals surface area contributed by atoms with Crippen LogP contribution in [0.4, 0.5) is 5.69 Å². The van der Waals surface area contributed by atoms with Crippen molar-refractivity contribution in [1.82, 2.24) is 5.32 Å². The van der Waals surface area contributed by atoms with Crippen molar-refractivity contribution in [3.63, 3.8) is 0 Å². The zero-order chi connectivity index (χ0) is 9.88. The summed E-state index contributed by atoms with van der Waals surface area (Å²) in [4.78, 5) is 2.61. The van der Waals surface area contributed by atoms with Gasteiger partial charge in [0.2, 0.25) is 0 Å². The third-order valence-corrected chi connectivity index (χ3v) is 4.23. The van der Waals surface area contributed by atoms with Gasteiger partial charge in [0.05, 0.1) is 0 Å². The maximum absolute atomic E-state index is 3.50. The number of nitrogens with one attached hydrogen (secondary N) is 1. The minimum absolute atomic E-state index is 0.572. The van der Waals surface area contributed by atoms with Gasteiger partial charge in [0, 0.05) is 37.3 Å². The smallest absolute Gasteiger partial charge is 0.0451 e. The molecule has 1 aromatic carbocycles. The largest absolute Gasteiger partial charge is 0.369 e. The van der Waals surface area contributed by atoms with Crippen molar-refractivity contribution in [2.45, 2.75) is 24.8 Å². The Morgan fingerprint density at radius 1 is 1.27 bits per heavy atom.